The molecule has 1 aliphatic heterocycles. The van der Waals surface area contributed by atoms with Crippen molar-refractivity contribution in [1.82, 2.24) is 20.6 Å². The van der Waals surface area contributed by atoms with Gasteiger partial charge in [-0.2, -0.15) is 0 Å². The molecule has 0 spiro atoms. The average Bonchev–Trinajstić information content (AvgIpc) is 2.60. The number of fused-ring (bicyclic) bond motifs is 1. The number of nitrogens with zero attached hydrogens (tertiary/aromatic N) is 2. The van der Waals surface area contributed by atoms with Gasteiger partial charge in [-0.1, -0.05) is 11.6 Å². The number of aryl methyl sites for hydroxylation is 1. The highest BCUT2D eigenvalue weighted by molar-refractivity contribution is 6.07. The molecule has 4 rings (SSSR count). The molecule has 1 saturated heterocycles. The molecule has 2 N–H and O–H groups in total. The maximum Gasteiger partial charge on any atom is 0.252 e. The molecule has 2 aromatic heterocycles. The Morgan fingerprint density at radius 3 is 2.70 bits per heavy atom. The number of halogens is 2. The summed E-state index contributed by atoms with van der Waals surface area (Å²) in [4.78, 5) is 21.7. The van der Waals surface area contributed by atoms with Crippen LogP contribution in [0.4, 0.5) is 0 Å². The van der Waals surface area contributed by atoms with Crippen LogP contribution in [-0.4, -0.2) is 35.5 Å². The van der Waals surface area contributed by atoms with Crippen molar-refractivity contribution in [3.8, 4) is 11.3 Å². The third kappa shape index (κ3) is 4.56. The number of rotatable bonds is 4. The lowest BCUT2D eigenvalue weighted by atomic mass is 10.0. The molecule has 5 nitrogen and oxygen atoms in total. The Labute approximate surface area is 170 Å². The zero-order valence-electron chi connectivity index (χ0n) is 14.9. The van der Waals surface area contributed by atoms with Crippen LogP contribution in [0.2, 0.25) is 0 Å². The summed E-state index contributed by atoms with van der Waals surface area (Å²) >= 11 is 0. The van der Waals surface area contributed by atoms with Crippen molar-refractivity contribution in [2.45, 2.75) is 6.92 Å². The quantitative estimate of drug-likeness (QED) is 0.698. The van der Waals surface area contributed by atoms with E-state index in [0.29, 0.717) is 18.0 Å². The molecular weight excluding hydrogens is 383 g/mol. The lowest BCUT2D eigenvalue weighted by Gasteiger charge is -2.27. The van der Waals surface area contributed by atoms with Crippen LogP contribution in [0.15, 0.2) is 48.8 Å². The predicted octanol–water partition coefficient (Wildman–Crippen LogP) is 3.40. The van der Waals surface area contributed by atoms with Gasteiger partial charge in [-0.15, -0.1) is 24.8 Å². The van der Waals surface area contributed by atoms with Gasteiger partial charge in [-0.25, -0.2) is 4.98 Å². The average molecular weight is 405 g/mol. The van der Waals surface area contributed by atoms with Gasteiger partial charge in [-0.05, 0) is 37.3 Å². The first-order valence-electron chi connectivity index (χ1n) is 8.51. The number of aromatic nitrogens is 2. The monoisotopic (exact) mass is 404 g/mol. The summed E-state index contributed by atoms with van der Waals surface area (Å²) in [5.41, 5.74) is 4.27. The molecule has 0 atom stereocenters. The van der Waals surface area contributed by atoms with Gasteiger partial charge in [0.25, 0.3) is 5.91 Å². The molecule has 1 fully saturated rings. The summed E-state index contributed by atoms with van der Waals surface area (Å²) in [6, 6.07) is 11.7. The molecule has 3 heterocycles. The van der Waals surface area contributed by atoms with Gasteiger partial charge in [0.1, 0.15) is 0 Å². The second-order valence-electron chi connectivity index (χ2n) is 6.55. The van der Waals surface area contributed by atoms with E-state index in [1.165, 1.54) is 0 Å². The zero-order chi connectivity index (χ0) is 17.2. The van der Waals surface area contributed by atoms with Gasteiger partial charge in [0.15, 0.2) is 0 Å². The van der Waals surface area contributed by atoms with E-state index in [9.17, 15) is 4.79 Å². The fourth-order valence-corrected chi connectivity index (χ4v) is 3.01. The van der Waals surface area contributed by atoms with Gasteiger partial charge in [-0.3, -0.25) is 9.78 Å². The maximum atomic E-state index is 12.8. The number of hydrogen-bond acceptors (Lipinski definition) is 4. The fourth-order valence-electron chi connectivity index (χ4n) is 3.01. The Balaban J connectivity index is 0.00000131. The molecule has 0 unspecified atom stereocenters. The van der Waals surface area contributed by atoms with E-state index in [2.05, 4.69) is 15.6 Å². The van der Waals surface area contributed by atoms with Crippen LogP contribution >= 0.6 is 24.8 Å². The Kier molecular flexibility index (Phi) is 7.13. The highest BCUT2D eigenvalue weighted by atomic mass is 35.5. The van der Waals surface area contributed by atoms with Crippen molar-refractivity contribution in [1.29, 1.82) is 0 Å². The highest BCUT2D eigenvalue weighted by Crippen LogP contribution is 2.25. The summed E-state index contributed by atoms with van der Waals surface area (Å²) in [5, 5.41) is 7.18. The minimum Gasteiger partial charge on any atom is -0.352 e. The van der Waals surface area contributed by atoms with Crippen LogP contribution in [-0.2, 0) is 0 Å². The van der Waals surface area contributed by atoms with E-state index in [-0.39, 0.29) is 30.7 Å². The number of hydrogen-bond donors (Lipinski definition) is 2. The molecule has 1 amide bonds. The Bertz CT molecular complexity index is 930. The van der Waals surface area contributed by atoms with Crippen LogP contribution in [0.5, 0.6) is 0 Å². The topological polar surface area (TPSA) is 66.9 Å². The van der Waals surface area contributed by atoms with E-state index < -0.39 is 0 Å². The first-order chi connectivity index (χ1) is 12.2. The van der Waals surface area contributed by atoms with E-state index in [1.54, 1.807) is 12.4 Å². The Morgan fingerprint density at radius 2 is 2.04 bits per heavy atom. The number of carbonyl (C=O) groups excluding carboxylic acids is 1. The molecule has 1 aliphatic rings. The second-order valence-corrected chi connectivity index (χ2v) is 6.55. The molecule has 0 aliphatic carbocycles. The van der Waals surface area contributed by atoms with Crippen molar-refractivity contribution in [2.24, 2.45) is 5.92 Å². The summed E-state index contributed by atoms with van der Waals surface area (Å²) in [6.07, 6.45) is 3.50. The predicted molar refractivity (Wildman–Crippen MR) is 113 cm³/mol. The van der Waals surface area contributed by atoms with Crippen LogP contribution in [0.3, 0.4) is 0 Å². The van der Waals surface area contributed by atoms with Crippen molar-refractivity contribution in [3.05, 3.63) is 59.9 Å². The van der Waals surface area contributed by atoms with Gasteiger partial charge < -0.3 is 10.6 Å². The number of amides is 1. The largest absolute Gasteiger partial charge is 0.352 e. The summed E-state index contributed by atoms with van der Waals surface area (Å²) in [5.74, 6) is 0.478. The van der Waals surface area contributed by atoms with E-state index in [1.807, 2.05) is 43.3 Å². The third-order valence-electron chi connectivity index (χ3n) is 4.58. The SMILES string of the molecule is Cc1ccc2nc(-c3cccnc3)cc(C(=O)NCC3CNC3)c2c1.Cl.Cl. The van der Waals surface area contributed by atoms with Gasteiger partial charge >= 0.3 is 0 Å². The standard InChI is InChI=1S/C20H20N4O.2ClH/c1-13-4-5-18-16(7-13)17(20(25)23-11-14-9-22-10-14)8-19(24-18)15-3-2-6-21-12-15;;/h2-8,12,14,22H,9-11H2,1H3,(H,23,25);2*1H. The zero-order valence-corrected chi connectivity index (χ0v) is 16.6. The summed E-state index contributed by atoms with van der Waals surface area (Å²) in [6.45, 7) is 4.66. The smallest absolute Gasteiger partial charge is 0.252 e. The van der Waals surface area contributed by atoms with Crippen LogP contribution < -0.4 is 10.6 Å². The van der Waals surface area contributed by atoms with E-state index in [0.717, 1.165) is 40.8 Å². The van der Waals surface area contributed by atoms with Crippen LogP contribution in [0, 0.1) is 12.8 Å². The van der Waals surface area contributed by atoms with E-state index >= 15 is 0 Å². The third-order valence-corrected chi connectivity index (χ3v) is 4.58. The minimum absolute atomic E-state index is 0. The first kappa shape index (κ1) is 21.1. The van der Waals surface area contributed by atoms with Crippen LogP contribution in [0.25, 0.3) is 22.2 Å². The number of carbonyl (C=O) groups is 1. The number of benzene rings is 1. The van der Waals surface area contributed by atoms with Crippen molar-refractivity contribution in [3.63, 3.8) is 0 Å². The van der Waals surface area contributed by atoms with Gasteiger partial charge in [0, 0.05) is 48.9 Å². The summed E-state index contributed by atoms with van der Waals surface area (Å²) < 4.78 is 0. The highest BCUT2D eigenvalue weighted by Gasteiger charge is 2.19. The lowest BCUT2D eigenvalue weighted by Crippen LogP contribution is -2.48. The van der Waals surface area contributed by atoms with Crippen molar-refractivity contribution < 1.29 is 4.79 Å². The van der Waals surface area contributed by atoms with Gasteiger partial charge in [0.2, 0.25) is 0 Å². The second kappa shape index (κ2) is 9.13. The molecule has 1 aromatic carbocycles. The number of pyridine rings is 2. The van der Waals surface area contributed by atoms with Crippen LogP contribution in [0.1, 0.15) is 15.9 Å². The van der Waals surface area contributed by atoms with E-state index in [4.69, 9.17) is 4.98 Å². The molecule has 142 valence electrons. The summed E-state index contributed by atoms with van der Waals surface area (Å²) in [7, 11) is 0. The maximum absolute atomic E-state index is 12.8. The normalized spacial score (nSPS) is 13.2. The Hall–Kier alpha value is -2.21. The van der Waals surface area contributed by atoms with Crippen molar-refractivity contribution >= 4 is 41.6 Å². The molecule has 0 radical (unpaired) electrons. The molecule has 7 heteroatoms. The molecule has 27 heavy (non-hydrogen) atoms. The Morgan fingerprint density at radius 1 is 1.22 bits per heavy atom. The number of nitrogens with one attached hydrogen (secondary N) is 2. The first-order valence-corrected chi connectivity index (χ1v) is 8.51. The van der Waals surface area contributed by atoms with Gasteiger partial charge in [0.05, 0.1) is 16.8 Å². The molecule has 0 bridgehead atoms. The minimum atomic E-state index is -0.0463. The fraction of sp³-hybridized carbons (Fsp3) is 0.250. The molecule has 0 saturated carbocycles. The molecule has 3 aromatic rings. The van der Waals surface area contributed by atoms with Crippen molar-refractivity contribution in [2.75, 3.05) is 19.6 Å². The molecular formula is C20H22Cl2N4O. The lowest BCUT2D eigenvalue weighted by molar-refractivity contribution is 0.0944.